The van der Waals surface area contributed by atoms with Crippen molar-refractivity contribution in [3.05, 3.63) is 137 Å². The molecule has 5 aromatic rings. The highest BCUT2D eigenvalue weighted by molar-refractivity contribution is 5.90. The molecule has 23 N–H and O–H groups in total. The zero-order chi connectivity index (χ0) is 85.4. The largest absolute Gasteiger partial charge is 0.507 e. The number of aliphatic hydroxyl groups is 16. The highest BCUT2D eigenvalue weighted by atomic mass is 16.7. The summed E-state index contributed by atoms with van der Waals surface area (Å²) in [7, 11) is 0. The molecule has 0 saturated carbocycles. The van der Waals surface area contributed by atoms with Gasteiger partial charge in [-0.3, -0.25) is 9.59 Å². The summed E-state index contributed by atoms with van der Waals surface area (Å²) in [6.45, 7) is -4.00. The van der Waals surface area contributed by atoms with Gasteiger partial charge in [-0.25, -0.2) is 14.4 Å². The lowest BCUT2D eigenvalue weighted by molar-refractivity contribution is -0.294. The fraction of sp³-hybridized carbons (Fsp3) is 0.427. The number of benzene rings is 5. The first-order valence-electron chi connectivity index (χ1n) is 35.7. The van der Waals surface area contributed by atoms with Gasteiger partial charge in [0.15, 0.2) is 52.1 Å². The van der Waals surface area contributed by atoms with Gasteiger partial charge in [0, 0.05) is 35.9 Å². The molecule has 26 unspecified atom stereocenters. The molecule has 6 heterocycles. The van der Waals surface area contributed by atoms with Crippen LogP contribution in [-0.4, -0.2) is 334 Å². The van der Waals surface area contributed by atoms with Gasteiger partial charge in [0.05, 0.1) is 12.2 Å². The van der Waals surface area contributed by atoms with Crippen LogP contribution in [0, 0.1) is 0 Å². The Morgan fingerprint density at radius 3 is 1.14 bits per heavy atom. The van der Waals surface area contributed by atoms with Crippen molar-refractivity contribution >= 4 is 54.2 Å². The molecule has 0 bridgehead atoms. The highest BCUT2D eigenvalue weighted by Gasteiger charge is 2.51. The zero-order valence-electron chi connectivity index (χ0n) is 60.8. The van der Waals surface area contributed by atoms with Crippen molar-refractivity contribution in [1.29, 1.82) is 0 Å². The molecule has 0 spiro atoms. The number of aromatic hydroxyl groups is 6. The molecule has 0 radical (unpaired) electrons. The van der Waals surface area contributed by atoms with Crippen molar-refractivity contribution < 1.29 is 212 Å². The fourth-order valence-corrected chi connectivity index (χ4v) is 12.4. The van der Waals surface area contributed by atoms with E-state index in [1.165, 1.54) is 42.5 Å². The average Bonchev–Trinajstić information content (AvgIpc) is 0.763. The standard InChI is InChI=1S/C75H82O43/c76-23-45-55(89)60(94)66(100)72(114-45)110-40-10-2-29(16-38(40)81)5-13-52(86)105-25-47-57(91)62(96)67(101)73(116-47)111-41-11-3-30(17-39(41)82)6-14-53(87)106-26-48-58(92)63(97)68(102)74(117-48)112-43-18-31(7-9-35(43)78)70-44(113-75-69(103)64(98)59(93)49(118-75)27-107-54(88)22-50(83)84)21-33-36(79)19-32(20-42(33)109-70)108-71-65(99)61(95)56(90)46(115-71)24-104-51(85)12-4-28-1-8-34(77)37(80)15-28/h1-21,45-49,55-82,89-103H,22-27H2,(H,83,84). The number of rotatable bonds is 28. The summed E-state index contributed by atoms with van der Waals surface area (Å²) in [5.74, 6) is -11.9. The van der Waals surface area contributed by atoms with E-state index < -0.39 is 275 Å². The quantitative estimate of drug-likeness (QED) is 0.00731. The van der Waals surface area contributed by atoms with Gasteiger partial charge in [0.25, 0.3) is 0 Å². The molecule has 11 rings (SSSR count). The Balaban J connectivity index is 0.726. The molecule has 0 aliphatic carbocycles. The van der Waals surface area contributed by atoms with Crippen LogP contribution in [0.4, 0.5) is 0 Å². The first-order valence-corrected chi connectivity index (χ1v) is 35.7. The van der Waals surface area contributed by atoms with Crippen molar-refractivity contribution in [2.24, 2.45) is 0 Å². The smallest absolute Gasteiger partial charge is 0.330 e. The number of carbonyl (C=O) groups is 5. The van der Waals surface area contributed by atoms with Gasteiger partial charge in [0.1, 0.15) is 178 Å². The van der Waals surface area contributed by atoms with Gasteiger partial charge in [-0.2, -0.15) is 0 Å². The van der Waals surface area contributed by atoms with Crippen LogP contribution in [0.5, 0.6) is 63.2 Å². The van der Waals surface area contributed by atoms with Crippen molar-refractivity contribution in [3.8, 4) is 63.2 Å². The van der Waals surface area contributed by atoms with Crippen molar-refractivity contribution in [2.75, 3.05) is 33.0 Å². The van der Waals surface area contributed by atoms with Crippen molar-refractivity contribution in [2.45, 2.75) is 166 Å². The number of carboxylic acids is 1. The molecular formula is C75H82O43. The minimum atomic E-state index is -2.15. The number of carboxylic acid groups (broad SMARTS) is 1. The third-order valence-corrected chi connectivity index (χ3v) is 19.0. The molecule has 6 aliphatic heterocycles. The number of hydrogen-bond acceptors (Lipinski definition) is 42. The zero-order valence-corrected chi connectivity index (χ0v) is 60.8. The topological polar surface area (TPSA) is 689 Å². The summed E-state index contributed by atoms with van der Waals surface area (Å²) in [5, 5.41) is 244. The second-order valence-corrected chi connectivity index (χ2v) is 27.3. The lowest BCUT2D eigenvalue weighted by Gasteiger charge is -2.41. The summed E-state index contributed by atoms with van der Waals surface area (Å²) in [6, 6.07) is 16.1. The maximum atomic E-state index is 13.2. The number of ether oxygens (including phenoxy) is 15. The van der Waals surface area contributed by atoms with Crippen LogP contribution in [0.1, 0.15) is 40.3 Å². The number of phenols is 6. The lowest BCUT2D eigenvalue weighted by atomic mass is 9.98. The maximum Gasteiger partial charge on any atom is 0.330 e. The maximum absolute atomic E-state index is 13.2. The van der Waals surface area contributed by atoms with E-state index in [2.05, 4.69) is 0 Å². The van der Waals surface area contributed by atoms with Crippen molar-refractivity contribution in [1.82, 2.24) is 0 Å². The first-order chi connectivity index (χ1) is 56.0. The van der Waals surface area contributed by atoms with Gasteiger partial charge in [-0.1, -0.05) is 24.3 Å². The van der Waals surface area contributed by atoms with E-state index in [0.29, 0.717) is 0 Å². The van der Waals surface area contributed by atoms with Gasteiger partial charge >= 0.3 is 29.8 Å². The fourth-order valence-electron chi connectivity index (χ4n) is 12.4. The average molecular weight is 1670 g/mol. The Bertz CT molecular complexity index is 4510. The van der Waals surface area contributed by atoms with E-state index in [1.807, 2.05) is 0 Å². The predicted molar refractivity (Wildman–Crippen MR) is 381 cm³/mol. The van der Waals surface area contributed by atoms with Crippen LogP contribution in [0.15, 0.2) is 109 Å². The number of carbonyl (C=O) groups excluding carboxylic acids is 4. The SMILES string of the molecule is O=C(O)CC(=O)OCC1OC(OC2=Cc3c(O)cc(OC4OC(COC(=O)C=Cc5ccc(O)c(O)c5)C(O)C(O)C4O)cc3OC2c2ccc(O)c(OC3OC(COC(=O)C=Cc4ccc(OC5OC(COC(=O)C=Cc6ccc(OC7OC(CO)C(O)C(O)C7O)c(O)c6)C(O)C(O)C5O)c(O)c4)C(O)C(O)C3O)c2)C(O)C(O)C1O. The second-order valence-electron chi connectivity index (χ2n) is 27.3. The van der Waals surface area contributed by atoms with E-state index in [9.17, 15) is 136 Å². The summed E-state index contributed by atoms with van der Waals surface area (Å²) in [5.41, 5.74) is 0.185. The van der Waals surface area contributed by atoms with Gasteiger partial charge in [-0.15, -0.1) is 0 Å². The number of aliphatic hydroxyl groups excluding tert-OH is 16. The van der Waals surface area contributed by atoms with Gasteiger partial charge in [-0.05, 0) is 89.5 Å². The van der Waals surface area contributed by atoms with E-state index in [1.54, 1.807) is 0 Å². The third-order valence-electron chi connectivity index (χ3n) is 19.0. The molecule has 118 heavy (non-hydrogen) atoms. The van der Waals surface area contributed by atoms with E-state index >= 15 is 0 Å². The molecule has 26 atom stereocenters. The molecule has 43 nitrogen and oxygen atoms in total. The van der Waals surface area contributed by atoms with E-state index in [-0.39, 0.29) is 50.8 Å². The number of fused-ring (bicyclic) bond motifs is 1. The highest BCUT2D eigenvalue weighted by Crippen LogP contribution is 2.47. The molecule has 5 fully saturated rings. The summed E-state index contributed by atoms with van der Waals surface area (Å²) in [6.07, 6.45) is -42.3. The number of esters is 4. The van der Waals surface area contributed by atoms with Crippen LogP contribution in [0.3, 0.4) is 0 Å². The third kappa shape index (κ3) is 20.8. The lowest BCUT2D eigenvalue weighted by Crippen LogP contribution is -2.60. The van der Waals surface area contributed by atoms with E-state index in [4.69, 9.17) is 76.2 Å². The van der Waals surface area contributed by atoms with Crippen molar-refractivity contribution in [3.63, 3.8) is 0 Å². The Hall–Kier alpha value is -10.8. The number of phenolic OH excluding ortho intramolecular Hbond substituents is 6. The normalized spacial score (nSPS) is 32.2. The Morgan fingerprint density at radius 1 is 0.356 bits per heavy atom. The van der Waals surface area contributed by atoms with Gasteiger partial charge in [0.2, 0.25) is 31.5 Å². The molecule has 5 aromatic carbocycles. The van der Waals surface area contributed by atoms with Crippen LogP contribution >= 0.6 is 0 Å². The molecule has 43 heteroatoms. The monoisotopic (exact) mass is 1670 g/mol. The Morgan fingerprint density at radius 2 is 0.729 bits per heavy atom. The molecule has 640 valence electrons. The first kappa shape index (κ1) is 88.0. The molecule has 5 saturated heterocycles. The van der Waals surface area contributed by atoms with Crippen LogP contribution in [0.2, 0.25) is 0 Å². The summed E-state index contributed by atoms with van der Waals surface area (Å²) in [4.78, 5) is 61.9. The minimum Gasteiger partial charge on any atom is -0.507 e. The molecular weight excluding hydrogens is 1590 g/mol. The summed E-state index contributed by atoms with van der Waals surface area (Å²) < 4.78 is 83.9. The molecule has 6 aliphatic rings. The Labute approximate surface area is 663 Å². The van der Waals surface area contributed by atoms with Crippen LogP contribution < -0.4 is 23.7 Å². The summed E-state index contributed by atoms with van der Waals surface area (Å²) >= 11 is 0. The predicted octanol–water partition coefficient (Wildman–Crippen LogP) is -5.26. The second kappa shape index (κ2) is 38.3. The number of hydrogen-bond donors (Lipinski definition) is 23. The number of aliphatic carboxylic acids is 1. The molecule has 0 aromatic heterocycles. The van der Waals surface area contributed by atoms with Crippen LogP contribution in [0.25, 0.3) is 24.3 Å². The van der Waals surface area contributed by atoms with E-state index in [0.717, 1.165) is 85.0 Å². The van der Waals surface area contributed by atoms with Crippen LogP contribution in [-0.2, 0) is 71.3 Å². The molecule has 0 amide bonds. The Kier molecular flexibility index (Phi) is 28.5. The van der Waals surface area contributed by atoms with Gasteiger partial charge < -0.3 is 189 Å². The minimum absolute atomic E-state index is 0.0960.